The highest BCUT2D eigenvalue weighted by molar-refractivity contribution is 5.77. The van der Waals surface area contributed by atoms with Crippen molar-refractivity contribution in [3.63, 3.8) is 0 Å². The van der Waals surface area contributed by atoms with Gasteiger partial charge in [0, 0.05) is 37.8 Å². The van der Waals surface area contributed by atoms with Crippen molar-refractivity contribution < 1.29 is 13.7 Å². The second kappa shape index (κ2) is 8.24. The molecule has 1 aliphatic rings. The number of benzene rings is 1. The first-order valence-corrected chi connectivity index (χ1v) is 9.33. The topological polar surface area (TPSA) is 85.0 Å². The van der Waals surface area contributed by atoms with Crippen molar-refractivity contribution >= 4 is 5.91 Å². The Kier molecular flexibility index (Phi) is 5.36. The Hall–Kier alpha value is -3.16. The molecule has 1 unspecified atom stereocenters. The van der Waals surface area contributed by atoms with Gasteiger partial charge in [0.25, 0.3) is 0 Å². The van der Waals surface area contributed by atoms with E-state index < -0.39 is 0 Å². The standard InChI is InChI=1S/C20H20FN5O2/c21-15-6-4-14(5-7-15)13-16-3-1-12-26(16)18(27)9-8-17-24-20(25-28-17)19-22-10-2-11-23-19/h2,4-7,10-11,16H,1,3,8-9,12-13H2. The van der Waals surface area contributed by atoms with E-state index in [0.29, 0.717) is 30.4 Å². The van der Waals surface area contributed by atoms with Crippen LogP contribution in [-0.4, -0.2) is 43.5 Å². The average Bonchev–Trinajstić information content (AvgIpc) is 3.38. The van der Waals surface area contributed by atoms with E-state index in [4.69, 9.17) is 4.52 Å². The molecular weight excluding hydrogens is 361 g/mol. The first-order chi connectivity index (χ1) is 13.7. The Morgan fingerprint density at radius 3 is 2.75 bits per heavy atom. The number of rotatable bonds is 6. The highest BCUT2D eigenvalue weighted by Gasteiger charge is 2.28. The Balaban J connectivity index is 1.34. The first kappa shape index (κ1) is 18.2. The van der Waals surface area contributed by atoms with Gasteiger partial charge in [-0.15, -0.1) is 0 Å². The summed E-state index contributed by atoms with van der Waals surface area (Å²) in [5, 5.41) is 3.87. The number of likely N-dealkylation sites (tertiary alicyclic amines) is 1. The predicted octanol–water partition coefficient (Wildman–Crippen LogP) is 2.83. The number of halogens is 1. The van der Waals surface area contributed by atoms with E-state index in [2.05, 4.69) is 20.1 Å². The van der Waals surface area contributed by atoms with Gasteiger partial charge in [-0.25, -0.2) is 14.4 Å². The van der Waals surface area contributed by atoms with Crippen LogP contribution in [0, 0.1) is 5.82 Å². The smallest absolute Gasteiger partial charge is 0.240 e. The molecule has 2 aromatic heterocycles. The fraction of sp³-hybridized carbons (Fsp3) is 0.350. The molecule has 1 aliphatic heterocycles. The van der Waals surface area contributed by atoms with Crippen LogP contribution in [-0.2, 0) is 17.6 Å². The Bertz CT molecular complexity index is 929. The summed E-state index contributed by atoms with van der Waals surface area (Å²) in [4.78, 5) is 27.0. The van der Waals surface area contributed by atoms with Crippen molar-refractivity contribution in [1.29, 1.82) is 0 Å². The molecule has 0 aliphatic carbocycles. The number of nitrogens with zero attached hydrogens (tertiary/aromatic N) is 5. The van der Waals surface area contributed by atoms with E-state index >= 15 is 0 Å². The summed E-state index contributed by atoms with van der Waals surface area (Å²) in [6.45, 7) is 0.748. The van der Waals surface area contributed by atoms with Crippen molar-refractivity contribution in [1.82, 2.24) is 25.0 Å². The molecule has 1 aromatic carbocycles. The SMILES string of the molecule is O=C(CCc1nc(-c2ncccn2)no1)N1CCCC1Cc1ccc(F)cc1. The summed E-state index contributed by atoms with van der Waals surface area (Å²) < 4.78 is 18.3. The van der Waals surface area contributed by atoms with Gasteiger partial charge in [0.1, 0.15) is 5.82 Å². The van der Waals surface area contributed by atoms with E-state index in [1.165, 1.54) is 12.1 Å². The molecule has 8 heteroatoms. The molecule has 144 valence electrons. The second-order valence-electron chi connectivity index (χ2n) is 6.80. The van der Waals surface area contributed by atoms with E-state index in [-0.39, 0.29) is 17.8 Å². The number of carbonyl (C=O) groups excluding carboxylic acids is 1. The number of hydrogen-bond donors (Lipinski definition) is 0. The lowest BCUT2D eigenvalue weighted by atomic mass is 10.0. The van der Waals surface area contributed by atoms with Crippen LogP contribution >= 0.6 is 0 Å². The van der Waals surface area contributed by atoms with E-state index in [1.807, 2.05) is 4.90 Å². The molecular formula is C20H20FN5O2. The summed E-state index contributed by atoms with van der Waals surface area (Å²) >= 11 is 0. The zero-order valence-electron chi connectivity index (χ0n) is 15.3. The zero-order chi connectivity index (χ0) is 19.3. The third-order valence-electron chi connectivity index (χ3n) is 4.87. The lowest BCUT2D eigenvalue weighted by molar-refractivity contribution is -0.132. The maximum atomic E-state index is 13.1. The van der Waals surface area contributed by atoms with Crippen LogP contribution in [0.2, 0.25) is 0 Å². The van der Waals surface area contributed by atoms with Crippen LogP contribution in [0.15, 0.2) is 47.2 Å². The van der Waals surface area contributed by atoms with E-state index in [0.717, 1.165) is 31.4 Å². The van der Waals surface area contributed by atoms with Crippen LogP contribution < -0.4 is 0 Å². The van der Waals surface area contributed by atoms with Crippen molar-refractivity contribution in [3.8, 4) is 11.6 Å². The van der Waals surface area contributed by atoms with Gasteiger partial charge in [0.2, 0.25) is 23.4 Å². The minimum atomic E-state index is -0.247. The Morgan fingerprint density at radius 2 is 1.96 bits per heavy atom. The fourth-order valence-corrected chi connectivity index (χ4v) is 3.49. The molecule has 0 spiro atoms. The van der Waals surface area contributed by atoms with Gasteiger partial charge in [0.05, 0.1) is 0 Å². The highest BCUT2D eigenvalue weighted by atomic mass is 19.1. The maximum absolute atomic E-state index is 13.1. The third kappa shape index (κ3) is 4.21. The third-order valence-corrected chi connectivity index (χ3v) is 4.87. The number of amides is 1. The van der Waals surface area contributed by atoms with Gasteiger partial charge in [0.15, 0.2) is 0 Å². The molecule has 28 heavy (non-hydrogen) atoms. The number of carbonyl (C=O) groups is 1. The predicted molar refractivity (Wildman–Crippen MR) is 98.5 cm³/mol. The Labute approximate surface area is 161 Å². The quantitative estimate of drug-likeness (QED) is 0.653. The Morgan fingerprint density at radius 1 is 1.18 bits per heavy atom. The summed E-state index contributed by atoms with van der Waals surface area (Å²) in [5.41, 5.74) is 1.04. The fourth-order valence-electron chi connectivity index (χ4n) is 3.49. The summed E-state index contributed by atoms with van der Waals surface area (Å²) in [5.74, 6) is 0.925. The van der Waals surface area contributed by atoms with Crippen LogP contribution in [0.25, 0.3) is 11.6 Å². The van der Waals surface area contributed by atoms with Gasteiger partial charge >= 0.3 is 0 Å². The van der Waals surface area contributed by atoms with Crippen molar-refractivity contribution in [3.05, 3.63) is 60.0 Å². The maximum Gasteiger partial charge on any atom is 0.240 e. The number of hydrogen-bond acceptors (Lipinski definition) is 6. The van der Waals surface area contributed by atoms with Crippen LogP contribution in [0.1, 0.15) is 30.7 Å². The minimum absolute atomic E-state index is 0.0697. The van der Waals surface area contributed by atoms with Crippen molar-refractivity contribution in [2.75, 3.05) is 6.54 Å². The molecule has 0 saturated carbocycles. The van der Waals surface area contributed by atoms with Crippen molar-refractivity contribution in [2.45, 2.75) is 38.1 Å². The molecule has 7 nitrogen and oxygen atoms in total. The number of aryl methyl sites for hydroxylation is 1. The normalized spacial score (nSPS) is 16.5. The van der Waals surface area contributed by atoms with E-state index in [9.17, 15) is 9.18 Å². The van der Waals surface area contributed by atoms with E-state index in [1.54, 1.807) is 30.6 Å². The molecule has 1 atom stereocenters. The lowest BCUT2D eigenvalue weighted by Crippen LogP contribution is -2.36. The zero-order valence-corrected chi connectivity index (χ0v) is 15.3. The summed E-state index contributed by atoms with van der Waals surface area (Å²) in [6, 6.07) is 8.33. The van der Waals surface area contributed by atoms with Gasteiger partial charge in [-0.05, 0) is 43.0 Å². The molecule has 1 amide bonds. The largest absolute Gasteiger partial charge is 0.339 e. The number of aromatic nitrogens is 4. The molecule has 0 N–H and O–H groups in total. The van der Waals surface area contributed by atoms with Crippen LogP contribution in [0.3, 0.4) is 0 Å². The molecule has 4 rings (SSSR count). The van der Waals surface area contributed by atoms with Crippen LogP contribution in [0.5, 0.6) is 0 Å². The monoisotopic (exact) mass is 381 g/mol. The van der Waals surface area contributed by atoms with Gasteiger partial charge in [-0.3, -0.25) is 4.79 Å². The average molecular weight is 381 g/mol. The van der Waals surface area contributed by atoms with Crippen LogP contribution in [0.4, 0.5) is 4.39 Å². The van der Waals surface area contributed by atoms with Gasteiger partial charge < -0.3 is 9.42 Å². The summed E-state index contributed by atoms with van der Waals surface area (Å²) in [7, 11) is 0. The second-order valence-corrected chi connectivity index (χ2v) is 6.80. The summed E-state index contributed by atoms with van der Waals surface area (Å²) in [6.07, 6.45) is 6.57. The van der Waals surface area contributed by atoms with Crippen molar-refractivity contribution in [2.24, 2.45) is 0 Å². The highest BCUT2D eigenvalue weighted by Crippen LogP contribution is 2.23. The first-order valence-electron chi connectivity index (χ1n) is 9.33. The molecule has 3 aromatic rings. The van der Waals surface area contributed by atoms with Gasteiger partial charge in [-0.1, -0.05) is 17.3 Å². The molecule has 1 saturated heterocycles. The molecule has 0 radical (unpaired) electrons. The molecule has 3 heterocycles. The molecule has 0 bridgehead atoms. The minimum Gasteiger partial charge on any atom is -0.339 e. The van der Waals surface area contributed by atoms with Gasteiger partial charge in [-0.2, -0.15) is 4.98 Å². The lowest BCUT2D eigenvalue weighted by Gasteiger charge is -2.24. The molecule has 1 fully saturated rings.